The van der Waals surface area contributed by atoms with Gasteiger partial charge in [0.25, 0.3) is 0 Å². The van der Waals surface area contributed by atoms with Gasteiger partial charge in [0.1, 0.15) is 11.6 Å². The van der Waals surface area contributed by atoms with E-state index in [1.54, 1.807) is 12.1 Å². The van der Waals surface area contributed by atoms with Crippen molar-refractivity contribution in [2.75, 3.05) is 31.2 Å². The summed E-state index contributed by atoms with van der Waals surface area (Å²) in [6.45, 7) is 3.42. The van der Waals surface area contributed by atoms with Crippen LogP contribution in [-0.4, -0.2) is 37.3 Å². The minimum Gasteiger partial charge on any atom is -0.378 e. The van der Waals surface area contributed by atoms with Crippen molar-refractivity contribution in [1.29, 1.82) is 0 Å². The first-order valence-electron chi connectivity index (χ1n) is 9.30. The number of benzene rings is 1. The highest BCUT2D eigenvalue weighted by Crippen LogP contribution is 2.31. The van der Waals surface area contributed by atoms with Crippen LogP contribution in [0.2, 0.25) is 0 Å². The molecule has 1 fully saturated rings. The lowest BCUT2D eigenvalue weighted by Gasteiger charge is -2.28. The molecule has 1 aliphatic carbocycles. The Bertz CT molecular complexity index is 823. The second-order valence-corrected chi connectivity index (χ2v) is 6.85. The standard InChI is InChI=1S/C20H23FN4O2/c21-15-5-6-17-14(12-15)4-7-18(17)24-20(26)22-13-16-2-1-3-19(23-16)25-8-10-27-11-9-25/h1-3,5-6,12,18H,4,7-11,13H2,(H2,22,24,26). The van der Waals surface area contributed by atoms with E-state index in [0.29, 0.717) is 19.8 Å². The first-order chi connectivity index (χ1) is 13.2. The summed E-state index contributed by atoms with van der Waals surface area (Å²) < 4.78 is 18.7. The molecule has 0 spiro atoms. The number of amides is 2. The van der Waals surface area contributed by atoms with Gasteiger partial charge >= 0.3 is 6.03 Å². The Hall–Kier alpha value is -2.67. The van der Waals surface area contributed by atoms with E-state index in [2.05, 4.69) is 20.5 Å². The molecule has 0 saturated carbocycles. The summed E-state index contributed by atoms with van der Waals surface area (Å²) in [6, 6.07) is 10.3. The summed E-state index contributed by atoms with van der Waals surface area (Å²) in [7, 11) is 0. The van der Waals surface area contributed by atoms with E-state index >= 15 is 0 Å². The molecule has 7 heteroatoms. The molecule has 2 aromatic rings. The number of anilines is 1. The fourth-order valence-electron chi connectivity index (χ4n) is 3.65. The van der Waals surface area contributed by atoms with Gasteiger partial charge in [-0.1, -0.05) is 12.1 Å². The van der Waals surface area contributed by atoms with E-state index < -0.39 is 0 Å². The van der Waals surface area contributed by atoms with Crippen LogP contribution in [0.5, 0.6) is 0 Å². The molecule has 1 atom stereocenters. The van der Waals surface area contributed by atoms with Crippen molar-refractivity contribution in [2.45, 2.75) is 25.4 Å². The smallest absolute Gasteiger partial charge is 0.315 e. The minimum atomic E-state index is -0.240. The topological polar surface area (TPSA) is 66.5 Å². The third-order valence-electron chi connectivity index (χ3n) is 5.05. The molecule has 1 unspecified atom stereocenters. The number of urea groups is 1. The Morgan fingerprint density at radius 3 is 2.96 bits per heavy atom. The van der Waals surface area contributed by atoms with E-state index in [9.17, 15) is 9.18 Å². The van der Waals surface area contributed by atoms with Gasteiger partial charge in [-0.2, -0.15) is 0 Å². The summed E-state index contributed by atoms with van der Waals surface area (Å²) in [5, 5.41) is 5.84. The Kier molecular flexibility index (Phi) is 5.20. The molecule has 0 radical (unpaired) electrons. The van der Waals surface area contributed by atoms with Crippen molar-refractivity contribution in [3.63, 3.8) is 0 Å². The number of hydrogen-bond acceptors (Lipinski definition) is 4. The zero-order valence-electron chi connectivity index (χ0n) is 15.1. The molecule has 1 aromatic heterocycles. The lowest BCUT2D eigenvalue weighted by molar-refractivity contribution is 0.122. The monoisotopic (exact) mass is 370 g/mol. The van der Waals surface area contributed by atoms with Crippen LogP contribution in [0.25, 0.3) is 0 Å². The maximum absolute atomic E-state index is 13.3. The molecule has 2 aliphatic rings. The van der Waals surface area contributed by atoms with Gasteiger partial charge in [0.05, 0.1) is 31.5 Å². The number of nitrogens with zero attached hydrogens (tertiary/aromatic N) is 2. The molecule has 0 bridgehead atoms. The number of hydrogen-bond donors (Lipinski definition) is 2. The average molecular weight is 370 g/mol. The van der Waals surface area contributed by atoms with Gasteiger partial charge in [0.2, 0.25) is 0 Å². The van der Waals surface area contributed by atoms with Gasteiger partial charge in [0.15, 0.2) is 0 Å². The second kappa shape index (κ2) is 7.92. The Balaban J connectivity index is 1.32. The van der Waals surface area contributed by atoms with E-state index in [0.717, 1.165) is 48.6 Å². The Labute approximate surface area is 157 Å². The SMILES string of the molecule is O=C(NCc1cccc(N2CCOCC2)n1)NC1CCc2cc(F)ccc21. The van der Waals surface area contributed by atoms with Crippen LogP contribution in [0.1, 0.15) is 29.3 Å². The van der Waals surface area contributed by atoms with Crippen molar-refractivity contribution >= 4 is 11.8 Å². The molecule has 2 heterocycles. The molecule has 2 N–H and O–H groups in total. The third-order valence-corrected chi connectivity index (χ3v) is 5.05. The highest BCUT2D eigenvalue weighted by Gasteiger charge is 2.24. The number of aryl methyl sites for hydroxylation is 1. The number of carbonyl (C=O) groups is 1. The van der Waals surface area contributed by atoms with E-state index in [1.807, 2.05) is 18.2 Å². The third kappa shape index (κ3) is 4.19. The predicted octanol–water partition coefficient (Wildman–Crippen LogP) is 2.54. The van der Waals surface area contributed by atoms with Crippen molar-refractivity contribution < 1.29 is 13.9 Å². The van der Waals surface area contributed by atoms with Crippen LogP contribution in [-0.2, 0) is 17.7 Å². The van der Waals surface area contributed by atoms with E-state index in [1.165, 1.54) is 6.07 Å². The Morgan fingerprint density at radius 1 is 1.26 bits per heavy atom. The molecular formula is C20H23FN4O2. The fraction of sp³-hybridized carbons (Fsp3) is 0.400. The van der Waals surface area contributed by atoms with Gasteiger partial charge in [-0.05, 0) is 48.2 Å². The maximum atomic E-state index is 13.3. The minimum absolute atomic E-state index is 0.0757. The lowest BCUT2D eigenvalue weighted by Crippen LogP contribution is -2.38. The van der Waals surface area contributed by atoms with Crippen LogP contribution in [0.4, 0.5) is 15.0 Å². The summed E-state index contributed by atoms with van der Waals surface area (Å²) in [5.74, 6) is 0.676. The molecular weight excluding hydrogens is 347 g/mol. The molecule has 4 rings (SSSR count). The molecule has 2 amide bonds. The van der Waals surface area contributed by atoms with E-state index in [4.69, 9.17) is 4.74 Å². The number of ether oxygens (including phenoxy) is 1. The number of fused-ring (bicyclic) bond motifs is 1. The Morgan fingerprint density at radius 2 is 2.11 bits per heavy atom. The van der Waals surface area contributed by atoms with Crippen LogP contribution in [0, 0.1) is 5.82 Å². The molecule has 1 aliphatic heterocycles. The van der Waals surface area contributed by atoms with Crippen molar-refractivity contribution in [3.8, 4) is 0 Å². The van der Waals surface area contributed by atoms with Crippen LogP contribution in [0.15, 0.2) is 36.4 Å². The number of nitrogens with one attached hydrogen (secondary N) is 2. The second-order valence-electron chi connectivity index (χ2n) is 6.85. The lowest BCUT2D eigenvalue weighted by atomic mass is 10.1. The average Bonchev–Trinajstić information content (AvgIpc) is 3.09. The zero-order chi connectivity index (χ0) is 18.6. The van der Waals surface area contributed by atoms with Crippen molar-refractivity contribution in [1.82, 2.24) is 15.6 Å². The number of rotatable bonds is 4. The first kappa shape index (κ1) is 17.7. The summed E-state index contributed by atoms with van der Waals surface area (Å²) >= 11 is 0. The number of carbonyl (C=O) groups excluding carboxylic acids is 1. The fourth-order valence-corrected chi connectivity index (χ4v) is 3.65. The maximum Gasteiger partial charge on any atom is 0.315 e. The highest BCUT2D eigenvalue weighted by atomic mass is 19.1. The molecule has 142 valence electrons. The van der Waals surface area contributed by atoms with Gasteiger partial charge in [-0.15, -0.1) is 0 Å². The van der Waals surface area contributed by atoms with Crippen molar-refractivity contribution in [2.24, 2.45) is 0 Å². The van der Waals surface area contributed by atoms with Crippen LogP contribution in [0.3, 0.4) is 0 Å². The quantitative estimate of drug-likeness (QED) is 0.868. The summed E-state index contributed by atoms with van der Waals surface area (Å²) in [6.07, 6.45) is 1.57. The summed E-state index contributed by atoms with van der Waals surface area (Å²) in [4.78, 5) is 19.1. The molecule has 6 nitrogen and oxygen atoms in total. The number of morpholine rings is 1. The highest BCUT2D eigenvalue weighted by molar-refractivity contribution is 5.74. The number of halogens is 1. The summed E-state index contributed by atoms with van der Waals surface area (Å²) in [5.41, 5.74) is 2.78. The predicted molar refractivity (Wildman–Crippen MR) is 100 cm³/mol. The van der Waals surface area contributed by atoms with Crippen LogP contribution >= 0.6 is 0 Å². The molecule has 27 heavy (non-hydrogen) atoms. The number of aromatic nitrogens is 1. The van der Waals surface area contributed by atoms with Gasteiger partial charge < -0.3 is 20.3 Å². The van der Waals surface area contributed by atoms with Gasteiger partial charge in [0, 0.05) is 13.1 Å². The van der Waals surface area contributed by atoms with Gasteiger partial charge in [-0.25, -0.2) is 14.2 Å². The van der Waals surface area contributed by atoms with E-state index in [-0.39, 0.29) is 17.9 Å². The largest absolute Gasteiger partial charge is 0.378 e. The normalized spacial score (nSPS) is 18.9. The van der Waals surface area contributed by atoms with Crippen LogP contribution < -0.4 is 15.5 Å². The van der Waals surface area contributed by atoms with Gasteiger partial charge in [-0.3, -0.25) is 0 Å². The van der Waals surface area contributed by atoms with Crippen molar-refractivity contribution in [3.05, 3.63) is 59.0 Å². The first-order valence-corrected chi connectivity index (χ1v) is 9.30. The number of pyridine rings is 1. The molecule has 1 aromatic carbocycles. The zero-order valence-corrected chi connectivity index (χ0v) is 15.1. The molecule has 1 saturated heterocycles.